The first-order chi connectivity index (χ1) is 11.6. The Kier molecular flexibility index (Phi) is 4.42. The first-order valence-electron chi connectivity index (χ1n) is 7.03. The molecule has 1 aromatic heterocycles. The first-order valence-corrected chi connectivity index (χ1v) is 7.03. The number of amides is 1. The lowest BCUT2D eigenvalue weighted by molar-refractivity contribution is 0.102. The highest BCUT2D eigenvalue weighted by Crippen LogP contribution is 2.15. The summed E-state index contributed by atoms with van der Waals surface area (Å²) < 4.78 is 25.9. The van der Waals surface area contributed by atoms with Gasteiger partial charge in [-0.05, 0) is 54.6 Å². The molecule has 0 aliphatic rings. The van der Waals surface area contributed by atoms with Crippen LogP contribution >= 0.6 is 0 Å². The first kappa shape index (κ1) is 15.5. The van der Waals surface area contributed by atoms with Gasteiger partial charge in [0.2, 0.25) is 0 Å². The molecule has 2 N–H and O–H groups in total. The standard InChI is InChI=1S/C17H12F2N4O/c18-11-4-6-13(7-5-11)21-17(24)15-8-9-16(23-22-15)20-14-3-1-2-12(19)10-14/h1-10H,(H,20,23)(H,21,24). The molecular weight excluding hydrogens is 314 g/mol. The van der Waals surface area contributed by atoms with Crippen molar-refractivity contribution in [3.05, 3.63) is 78.0 Å². The van der Waals surface area contributed by atoms with E-state index >= 15 is 0 Å². The molecule has 1 heterocycles. The smallest absolute Gasteiger partial charge is 0.276 e. The van der Waals surface area contributed by atoms with Gasteiger partial charge in [0.1, 0.15) is 11.6 Å². The van der Waals surface area contributed by atoms with Crippen LogP contribution in [0.3, 0.4) is 0 Å². The Morgan fingerprint density at radius 1 is 0.833 bits per heavy atom. The van der Waals surface area contributed by atoms with E-state index in [9.17, 15) is 13.6 Å². The van der Waals surface area contributed by atoms with Gasteiger partial charge in [0, 0.05) is 11.4 Å². The number of hydrogen-bond donors (Lipinski definition) is 2. The summed E-state index contributed by atoms with van der Waals surface area (Å²) in [5.41, 5.74) is 1.07. The maximum absolute atomic E-state index is 13.1. The van der Waals surface area contributed by atoms with E-state index in [1.165, 1.54) is 42.5 Å². The Balaban J connectivity index is 1.67. The number of anilines is 3. The number of benzene rings is 2. The van der Waals surface area contributed by atoms with Crippen molar-refractivity contribution in [1.82, 2.24) is 10.2 Å². The Hall–Kier alpha value is -3.35. The van der Waals surface area contributed by atoms with E-state index < -0.39 is 5.91 Å². The fourth-order valence-electron chi connectivity index (χ4n) is 1.96. The number of aromatic nitrogens is 2. The highest BCUT2D eigenvalue weighted by molar-refractivity contribution is 6.02. The molecule has 24 heavy (non-hydrogen) atoms. The normalized spacial score (nSPS) is 10.2. The fourth-order valence-corrected chi connectivity index (χ4v) is 1.96. The number of hydrogen-bond acceptors (Lipinski definition) is 4. The van der Waals surface area contributed by atoms with Gasteiger partial charge in [0.05, 0.1) is 0 Å². The predicted molar refractivity (Wildman–Crippen MR) is 86.1 cm³/mol. The molecule has 1 amide bonds. The third-order valence-electron chi connectivity index (χ3n) is 3.10. The lowest BCUT2D eigenvalue weighted by atomic mass is 10.3. The van der Waals surface area contributed by atoms with Crippen molar-refractivity contribution in [3.8, 4) is 0 Å². The van der Waals surface area contributed by atoms with E-state index in [1.807, 2.05) is 0 Å². The Labute approximate surface area is 136 Å². The molecule has 0 unspecified atom stereocenters. The lowest BCUT2D eigenvalue weighted by Crippen LogP contribution is -2.14. The minimum Gasteiger partial charge on any atom is -0.339 e. The van der Waals surface area contributed by atoms with Crippen molar-refractivity contribution in [2.45, 2.75) is 0 Å². The van der Waals surface area contributed by atoms with Crippen molar-refractivity contribution < 1.29 is 13.6 Å². The molecule has 7 heteroatoms. The highest BCUT2D eigenvalue weighted by atomic mass is 19.1. The molecule has 0 radical (unpaired) electrons. The minimum absolute atomic E-state index is 0.101. The Bertz CT molecular complexity index is 851. The molecule has 3 aromatic rings. The fraction of sp³-hybridized carbons (Fsp3) is 0. The molecule has 3 rings (SSSR count). The van der Waals surface area contributed by atoms with Crippen LogP contribution in [0.1, 0.15) is 10.5 Å². The van der Waals surface area contributed by atoms with Gasteiger partial charge in [-0.1, -0.05) is 6.07 Å². The molecule has 0 saturated carbocycles. The Morgan fingerprint density at radius 2 is 1.62 bits per heavy atom. The molecule has 0 saturated heterocycles. The predicted octanol–water partition coefficient (Wildman–Crippen LogP) is 3.75. The number of carbonyl (C=O) groups excluding carboxylic acids is 1. The van der Waals surface area contributed by atoms with Gasteiger partial charge in [0.15, 0.2) is 11.5 Å². The van der Waals surface area contributed by atoms with Crippen molar-refractivity contribution in [1.29, 1.82) is 0 Å². The van der Waals surface area contributed by atoms with Crippen LogP contribution in [0.2, 0.25) is 0 Å². The molecule has 0 aliphatic carbocycles. The summed E-state index contributed by atoms with van der Waals surface area (Å²) in [5.74, 6) is -0.853. The van der Waals surface area contributed by atoms with E-state index in [2.05, 4.69) is 20.8 Å². The topological polar surface area (TPSA) is 66.9 Å². The zero-order valence-electron chi connectivity index (χ0n) is 12.3. The lowest BCUT2D eigenvalue weighted by Gasteiger charge is -2.06. The quantitative estimate of drug-likeness (QED) is 0.766. The van der Waals surface area contributed by atoms with Crippen LogP contribution in [0.4, 0.5) is 26.0 Å². The van der Waals surface area contributed by atoms with Gasteiger partial charge in [-0.15, -0.1) is 10.2 Å². The second-order valence-corrected chi connectivity index (χ2v) is 4.90. The van der Waals surface area contributed by atoms with Crippen LogP contribution in [-0.2, 0) is 0 Å². The highest BCUT2D eigenvalue weighted by Gasteiger charge is 2.09. The van der Waals surface area contributed by atoms with Crippen molar-refractivity contribution in [2.75, 3.05) is 10.6 Å². The van der Waals surface area contributed by atoms with E-state index in [-0.39, 0.29) is 17.3 Å². The molecule has 0 fully saturated rings. The van der Waals surface area contributed by atoms with Crippen molar-refractivity contribution >= 4 is 23.1 Å². The van der Waals surface area contributed by atoms with Crippen LogP contribution in [0.5, 0.6) is 0 Å². The zero-order chi connectivity index (χ0) is 16.9. The van der Waals surface area contributed by atoms with Crippen molar-refractivity contribution in [2.24, 2.45) is 0 Å². The van der Waals surface area contributed by atoms with Gasteiger partial charge >= 0.3 is 0 Å². The Morgan fingerprint density at radius 3 is 2.29 bits per heavy atom. The largest absolute Gasteiger partial charge is 0.339 e. The maximum atomic E-state index is 13.1. The van der Waals surface area contributed by atoms with Gasteiger partial charge in [-0.2, -0.15) is 0 Å². The summed E-state index contributed by atoms with van der Waals surface area (Å²) in [7, 11) is 0. The third kappa shape index (κ3) is 3.89. The van der Waals surface area contributed by atoms with E-state index in [4.69, 9.17) is 0 Å². The van der Waals surface area contributed by atoms with E-state index in [0.717, 1.165) is 0 Å². The number of carbonyl (C=O) groups is 1. The summed E-state index contributed by atoms with van der Waals surface area (Å²) in [4.78, 5) is 12.0. The van der Waals surface area contributed by atoms with E-state index in [1.54, 1.807) is 18.2 Å². The molecule has 0 aliphatic heterocycles. The molecule has 2 aromatic carbocycles. The molecule has 0 atom stereocenters. The summed E-state index contributed by atoms with van der Waals surface area (Å²) in [6, 6.07) is 14.3. The average Bonchev–Trinajstić information content (AvgIpc) is 2.57. The second-order valence-electron chi connectivity index (χ2n) is 4.90. The zero-order valence-corrected chi connectivity index (χ0v) is 12.3. The summed E-state index contributed by atoms with van der Waals surface area (Å²) >= 11 is 0. The maximum Gasteiger partial charge on any atom is 0.276 e. The average molecular weight is 326 g/mol. The van der Waals surface area contributed by atoms with Crippen LogP contribution in [0.15, 0.2) is 60.7 Å². The third-order valence-corrected chi connectivity index (χ3v) is 3.10. The van der Waals surface area contributed by atoms with Gasteiger partial charge in [-0.25, -0.2) is 8.78 Å². The summed E-state index contributed by atoms with van der Waals surface area (Å²) in [5, 5.41) is 13.2. The van der Waals surface area contributed by atoms with Gasteiger partial charge in [0.25, 0.3) is 5.91 Å². The van der Waals surface area contributed by atoms with Crippen LogP contribution in [0.25, 0.3) is 0 Å². The summed E-state index contributed by atoms with van der Waals surface area (Å²) in [6.07, 6.45) is 0. The van der Waals surface area contributed by atoms with Gasteiger partial charge < -0.3 is 10.6 Å². The SMILES string of the molecule is O=C(Nc1ccc(F)cc1)c1ccc(Nc2cccc(F)c2)nn1. The molecular formula is C17H12F2N4O. The summed E-state index contributed by atoms with van der Waals surface area (Å²) in [6.45, 7) is 0. The number of rotatable bonds is 4. The van der Waals surface area contributed by atoms with Crippen LogP contribution in [-0.4, -0.2) is 16.1 Å². The number of halogens is 2. The van der Waals surface area contributed by atoms with Crippen LogP contribution < -0.4 is 10.6 Å². The van der Waals surface area contributed by atoms with Crippen LogP contribution in [0, 0.1) is 11.6 Å². The molecule has 5 nitrogen and oxygen atoms in total. The second kappa shape index (κ2) is 6.82. The van der Waals surface area contributed by atoms with E-state index in [0.29, 0.717) is 17.2 Å². The van der Waals surface area contributed by atoms with Gasteiger partial charge in [-0.3, -0.25) is 4.79 Å². The molecule has 0 bridgehead atoms. The number of nitrogens with zero attached hydrogens (tertiary/aromatic N) is 2. The van der Waals surface area contributed by atoms with Crippen molar-refractivity contribution in [3.63, 3.8) is 0 Å². The minimum atomic E-state index is -0.466. The number of nitrogens with one attached hydrogen (secondary N) is 2. The molecule has 120 valence electrons. The molecule has 0 spiro atoms. The monoisotopic (exact) mass is 326 g/mol.